The van der Waals surface area contributed by atoms with Crippen molar-refractivity contribution < 1.29 is 41.7 Å². The molecule has 3 rings (SSSR count). The number of esters is 1. The van der Waals surface area contributed by atoms with Crippen LogP contribution in [0.5, 0.6) is 11.5 Å². The average molecular weight is 481 g/mol. The maximum Gasteiger partial charge on any atom is 0.573 e. The number of benzene rings is 2. The van der Waals surface area contributed by atoms with Gasteiger partial charge in [0.05, 0.1) is 18.0 Å². The van der Waals surface area contributed by atoms with Crippen LogP contribution in [0.1, 0.15) is 54.2 Å². The van der Waals surface area contributed by atoms with Gasteiger partial charge in [-0.2, -0.15) is 0 Å². The molecule has 1 heterocycles. The molecule has 0 unspecified atom stereocenters. The Morgan fingerprint density at radius 1 is 1.15 bits per heavy atom. The number of hydrogen-bond acceptors (Lipinski definition) is 5. The van der Waals surface area contributed by atoms with Crippen LogP contribution in [0.15, 0.2) is 36.4 Å². The molecule has 1 N–H and O–H groups in total. The van der Waals surface area contributed by atoms with Crippen LogP contribution in [0, 0.1) is 12.7 Å². The number of ether oxygens (including phenoxy) is 2. The van der Waals surface area contributed by atoms with Crippen LogP contribution in [0.2, 0.25) is 0 Å². The summed E-state index contributed by atoms with van der Waals surface area (Å²) in [4.78, 5) is 25.9. The molecule has 10 heteroatoms. The molecule has 34 heavy (non-hydrogen) atoms. The number of aromatic nitrogens is 1. The first kappa shape index (κ1) is 25.1. The van der Waals surface area contributed by atoms with Gasteiger partial charge in [-0.1, -0.05) is 13.3 Å². The predicted molar refractivity (Wildman–Crippen MR) is 115 cm³/mol. The lowest BCUT2D eigenvalue weighted by Gasteiger charge is -2.13. The van der Waals surface area contributed by atoms with Gasteiger partial charge in [0.25, 0.3) is 5.91 Å². The lowest BCUT2D eigenvalue weighted by atomic mass is 9.98. The SMILES string of the molecule is CCCCOC(=O)[C@H](C)c1c(C)n(C(=O)c2ccc(OC(F)(F)F)cc2)c2cc(F)c(O)cc12. The van der Waals surface area contributed by atoms with E-state index in [0.29, 0.717) is 17.7 Å². The zero-order valence-electron chi connectivity index (χ0n) is 18.7. The summed E-state index contributed by atoms with van der Waals surface area (Å²) in [6.07, 6.45) is -3.37. The fourth-order valence-corrected chi connectivity index (χ4v) is 3.74. The first-order chi connectivity index (χ1) is 15.9. The summed E-state index contributed by atoms with van der Waals surface area (Å²) in [5.74, 6) is -4.17. The lowest BCUT2D eigenvalue weighted by Crippen LogP contribution is -2.18. The minimum atomic E-state index is -4.88. The number of alkyl halides is 3. The van der Waals surface area contributed by atoms with Gasteiger partial charge in [-0.3, -0.25) is 14.2 Å². The van der Waals surface area contributed by atoms with Crippen LogP contribution in [-0.4, -0.2) is 34.5 Å². The number of phenolic OH excluding ortho intramolecular Hbond substituents is 1. The van der Waals surface area contributed by atoms with Crippen LogP contribution in [0.4, 0.5) is 17.6 Å². The molecular formula is C24H23F4NO5. The summed E-state index contributed by atoms with van der Waals surface area (Å²) in [6, 6.07) is 6.37. The molecule has 0 saturated carbocycles. The topological polar surface area (TPSA) is 77.8 Å². The maximum atomic E-state index is 14.2. The summed E-state index contributed by atoms with van der Waals surface area (Å²) < 4.78 is 61.7. The second kappa shape index (κ2) is 9.74. The summed E-state index contributed by atoms with van der Waals surface area (Å²) in [5, 5.41) is 10.2. The summed E-state index contributed by atoms with van der Waals surface area (Å²) in [7, 11) is 0. The minimum Gasteiger partial charge on any atom is -0.505 e. The van der Waals surface area contributed by atoms with E-state index in [1.54, 1.807) is 13.8 Å². The molecule has 0 aliphatic rings. The van der Waals surface area contributed by atoms with E-state index in [2.05, 4.69) is 4.74 Å². The Morgan fingerprint density at radius 3 is 2.38 bits per heavy atom. The molecule has 1 atom stereocenters. The summed E-state index contributed by atoms with van der Waals surface area (Å²) >= 11 is 0. The molecule has 3 aromatic rings. The number of nitrogens with zero attached hydrogens (tertiary/aromatic N) is 1. The van der Waals surface area contributed by atoms with Gasteiger partial charge in [-0.15, -0.1) is 13.2 Å². The molecule has 6 nitrogen and oxygen atoms in total. The van der Waals surface area contributed by atoms with Gasteiger partial charge in [0.2, 0.25) is 0 Å². The zero-order chi connectivity index (χ0) is 25.2. The Morgan fingerprint density at radius 2 is 1.79 bits per heavy atom. The van der Waals surface area contributed by atoms with E-state index < -0.39 is 41.5 Å². The van der Waals surface area contributed by atoms with E-state index in [4.69, 9.17) is 4.74 Å². The highest BCUT2D eigenvalue weighted by Crippen LogP contribution is 2.36. The van der Waals surface area contributed by atoms with Crippen LogP contribution in [0.25, 0.3) is 10.9 Å². The minimum absolute atomic E-state index is 0.00716. The monoisotopic (exact) mass is 481 g/mol. The van der Waals surface area contributed by atoms with Crippen LogP contribution in [0.3, 0.4) is 0 Å². The highest BCUT2D eigenvalue weighted by Gasteiger charge is 2.31. The molecule has 0 amide bonds. The molecule has 0 aliphatic heterocycles. The second-order valence-electron chi connectivity index (χ2n) is 7.78. The van der Waals surface area contributed by atoms with Gasteiger partial charge < -0.3 is 14.6 Å². The quantitative estimate of drug-likeness (QED) is 0.261. The first-order valence-corrected chi connectivity index (χ1v) is 10.5. The summed E-state index contributed by atoms with van der Waals surface area (Å²) in [5.41, 5.74) is 0.780. The number of carbonyl (C=O) groups is 2. The fourth-order valence-electron chi connectivity index (χ4n) is 3.74. The summed E-state index contributed by atoms with van der Waals surface area (Å²) in [6.45, 7) is 5.30. The molecule has 0 fully saturated rings. The molecular weight excluding hydrogens is 458 g/mol. The Kier molecular flexibility index (Phi) is 7.18. The zero-order valence-corrected chi connectivity index (χ0v) is 18.7. The number of unbranched alkanes of at least 4 members (excludes halogenated alkanes) is 1. The lowest BCUT2D eigenvalue weighted by molar-refractivity contribution is -0.274. The number of hydrogen-bond donors (Lipinski definition) is 1. The molecule has 2 aromatic carbocycles. The Hall–Kier alpha value is -3.56. The smallest absolute Gasteiger partial charge is 0.505 e. The molecule has 0 radical (unpaired) electrons. The normalized spacial score (nSPS) is 12.6. The van der Waals surface area contributed by atoms with Crippen molar-refractivity contribution in [3.63, 3.8) is 0 Å². The van der Waals surface area contributed by atoms with Gasteiger partial charge >= 0.3 is 12.3 Å². The molecule has 182 valence electrons. The van der Waals surface area contributed by atoms with Gasteiger partial charge in [0.1, 0.15) is 5.75 Å². The maximum absolute atomic E-state index is 14.2. The Labute approximate surface area is 192 Å². The Bertz CT molecular complexity index is 1220. The van der Waals surface area contributed by atoms with E-state index in [-0.39, 0.29) is 23.1 Å². The van der Waals surface area contributed by atoms with Crippen molar-refractivity contribution in [3.8, 4) is 11.5 Å². The van der Waals surface area contributed by atoms with E-state index in [0.717, 1.165) is 47.4 Å². The number of fused-ring (bicyclic) bond motifs is 1. The van der Waals surface area contributed by atoms with E-state index in [9.17, 15) is 32.3 Å². The second-order valence-corrected chi connectivity index (χ2v) is 7.78. The standard InChI is InChI=1S/C24H23F4NO5/c1-4-5-10-33-23(32)13(2)21-14(3)29(19-12-18(25)20(30)11-17(19)21)22(31)15-6-8-16(9-7-15)34-24(26,27)28/h6-9,11-13,30H,4-5,10H2,1-3H3/t13-/m1/s1. The number of halogens is 4. The third-order valence-corrected chi connectivity index (χ3v) is 5.39. The van der Waals surface area contributed by atoms with Crippen molar-refractivity contribution in [2.45, 2.75) is 45.9 Å². The van der Waals surface area contributed by atoms with Crippen molar-refractivity contribution in [3.05, 3.63) is 59.0 Å². The van der Waals surface area contributed by atoms with Crippen molar-refractivity contribution >= 4 is 22.8 Å². The number of carbonyl (C=O) groups excluding carboxylic acids is 2. The highest BCUT2D eigenvalue weighted by molar-refractivity contribution is 6.05. The van der Waals surface area contributed by atoms with E-state index in [1.165, 1.54) is 0 Å². The number of aromatic hydroxyl groups is 1. The van der Waals surface area contributed by atoms with Gasteiger partial charge in [0, 0.05) is 22.7 Å². The average Bonchev–Trinajstić information content (AvgIpc) is 3.03. The van der Waals surface area contributed by atoms with E-state index in [1.807, 2.05) is 6.92 Å². The predicted octanol–water partition coefficient (Wildman–Crippen LogP) is 5.83. The van der Waals surface area contributed by atoms with Crippen molar-refractivity contribution in [1.82, 2.24) is 4.57 Å². The molecule has 0 spiro atoms. The molecule has 0 saturated heterocycles. The van der Waals surface area contributed by atoms with Crippen LogP contribution in [-0.2, 0) is 9.53 Å². The van der Waals surface area contributed by atoms with Gasteiger partial charge in [-0.05, 0) is 56.2 Å². The number of rotatable bonds is 7. The third kappa shape index (κ3) is 5.16. The highest BCUT2D eigenvalue weighted by atomic mass is 19.4. The molecule has 1 aromatic heterocycles. The number of phenols is 1. The van der Waals surface area contributed by atoms with Crippen molar-refractivity contribution in [2.24, 2.45) is 0 Å². The van der Waals surface area contributed by atoms with Crippen LogP contribution < -0.4 is 4.74 Å². The van der Waals surface area contributed by atoms with Crippen molar-refractivity contribution in [1.29, 1.82) is 0 Å². The first-order valence-electron chi connectivity index (χ1n) is 10.5. The van der Waals surface area contributed by atoms with Crippen molar-refractivity contribution in [2.75, 3.05) is 6.61 Å². The third-order valence-electron chi connectivity index (χ3n) is 5.39. The molecule has 0 aliphatic carbocycles. The van der Waals surface area contributed by atoms with Gasteiger partial charge in [0.15, 0.2) is 11.6 Å². The molecule has 0 bridgehead atoms. The van der Waals surface area contributed by atoms with E-state index >= 15 is 0 Å². The Balaban J connectivity index is 2.07. The fraction of sp³-hybridized carbons (Fsp3) is 0.333. The van der Waals surface area contributed by atoms with Gasteiger partial charge in [-0.25, -0.2) is 4.39 Å². The van der Waals surface area contributed by atoms with Crippen LogP contribution >= 0.6 is 0 Å². The largest absolute Gasteiger partial charge is 0.573 e.